The number of aromatic amines is 1. The van der Waals surface area contributed by atoms with Gasteiger partial charge in [0.1, 0.15) is 5.82 Å². The number of halogens is 1. The number of hydrogen-bond acceptors (Lipinski definition) is 3. The van der Waals surface area contributed by atoms with Crippen LogP contribution in [0.5, 0.6) is 0 Å². The van der Waals surface area contributed by atoms with Crippen LogP contribution in [0.2, 0.25) is 0 Å². The van der Waals surface area contributed by atoms with Crippen molar-refractivity contribution < 1.29 is 0 Å². The maximum absolute atomic E-state index is 4.71. The predicted molar refractivity (Wildman–Crippen MR) is 135 cm³/mol. The molecule has 164 valence electrons. The molecule has 0 saturated heterocycles. The molecule has 2 aromatic rings. The molecule has 1 aromatic heterocycles. The molecule has 0 saturated carbocycles. The van der Waals surface area contributed by atoms with Crippen LogP contribution in [-0.2, 0) is 6.42 Å². The van der Waals surface area contributed by atoms with E-state index in [1.807, 2.05) is 18.2 Å². The van der Waals surface area contributed by atoms with Gasteiger partial charge < -0.3 is 15.6 Å². The van der Waals surface area contributed by atoms with E-state index in [9.17, 15) is 0 Å². The Morgan fingerprint density at radius 1 is 1.10 bits per heavy atom. The molecule has 0 unspecified atom stereocenters. The number of guanidine groups is 1. The third-order valence-corrected chi connectivity index (χ3v) is 4.84. The lowest BCUT2D eigenvalue weighted by molar-refractivity contribution is 0.173. The Balaban J connectivity index is 0.00000420. The van der Waals surface area contributed by atoms with E-state index >= 15 is 0 Å². The lowest BCUT2D eigenvalue weighted by atomic mass is 10.2. The van der Waals surface area contributed by atoms with Gasteiger partial charge in [0.2, 0.25) is 0 Å². The summed E-state index contributed by atoms with van der Waals surface area (Å²) >= 11 is 0. The molecule has 0 aliphatic carbocycles. The standard InChI is InChI=1S/C22H38N6.HI/c1-6-23-22(25-15-10-16-28(17(2)3)18(4)5)24-14-9-13-21-26-19-11-7-8-12-20(19)27-21;/h7-8,11-12,17-18H,6,9-10,13-16H2,1-5H3,(H,26,27)(H2,23,24,25);1H. The Morgan fingerprint density at radius 2 is 1.83 bits per heavy atom. The topological polar surface area (TPSA) is 68.3 Å². The number of nitrogens with one attached hydrogen (secondary N) is 3. The van der Waals surface area contributed by atoms with Crippen LogP contribution in [-0.4, -0.2) is 59.1 Å². The van der Waals surface area contributed by atoms with Crippen LogP contribution in [0.3, 0.4) is 0 Å². The highest BCUT2D eigenvalue weighted by atomic mass is 127. The third kappa shape index (κ3) is 8.90. The van der Waals surface area contributed by atoms with Crippen LogP contribution >= 0.6 is 24.0 Å². The lowest BCUT2D eigenvalue weighted by Crippen LogP contribution is -2.41. The van der Waals surface area contributed by atoms with Gasteiger partial charge in [0, 0.05) is 44.7 Å². The van der Waals surface area contributed by atoms with Gasteiger partial charge in [-0.3, -0.25) is 9.89 Å². The number of benzene rings is 1. The summed E-state index contributed by atoms with van der Waals surface area (Å²) in [7, 11) is 0. The average molecular weight is 515 g/mol. The number of rotatable bonds is 11. The molecule has 0 atom stereocenters. The number of hydrogen-bond donors (Lipinski definition) is 3. The fraction of sp³-hybridized carbons (Fsp3) is 0.636. The first kappa shape index (κ1) is 25.7. The molecule has 1 heterocycles. The molecule has 0 fully saturated rings. The first-order valence-electron chi connectivity index (χ1n) is 10.7. The van der Waals surface area contributed by atoms with Gasteiger partial charge in [0.15, 0.2) is 5.96 Å². The minimum atomic E-state index is 0. The third-order valence-electron chi connectivity index (χ3n) is 4.84. The van der Waals surface area contributed by atoms with Crippen molar-refractivity contribution >= 4 is 41.0 Å². The summed E-state index contributed by atoms with van der Waals surface area (Å²) in [6.07, 6.45) is 3.00. The Hall–Kier alpha value is -1.35. The van der Waals surface area contributed by atoms with E-state index in [4.69, 9.17) is 4.99 Å². The molecule has 0 bridgehead atoms. The van der Waals surface area contributed by atoms with E-state index in [-0.39, 0.29) is 24.0 Å². The highest BCUT2D eigenvalue weighted by molar-refractivity contribution is 14.0. The molecule has 0 aliphatic heterocycles. The quantitative estimate of drug-likeness (QED) is 0.182. The van der Waals surface area contributed by atoms with Crippen LogP contribution in [0.4, 0.5) is 0 Å². The first-order valence-corrected chi connectivity index (χ1v) is 10.7. The molecule has 0 radical (unpaired) electrons. The van der Waals surface area contributed by atoms with E-state index in [0.29, 0.717) is 12.1 Å². The SMILES string of the molecule is CCNC(=NCCCc1nc2ccccc2[nH]1)NCCCN(C(C)C)C(C)C.I. The number of H-pyrrole nitrogens is 1. The van der Waals surface area contributed by atoms with Crippen LogP contribution in [0.15, 0.2) is 29.3 Å². The lowest BCUT2D eigenvalue weighted by Gasteiger charge is -2.30. The molecule has 2 rings (SSSR count). The van der Waals surface area contributed by atoms with Gasteiger partial charge in [-0.2, -0.15) is 0 Å². The Kier molecular flexibility index (Phi) is 12.2. The second kappa shape index (κ2) is 13.8. The fourth-order valence-electron chi connectivity index (χ4n) is 3.48. The summed E-state index contributed by atoms with van der Waals surface area (Å²) < 4.78 is 0. The van der Waals surface area contributed by atoms with E-state index < -0.39 is 0 Å². The molecule has 29 heavy (non-hydrogen) atoms. The van der Waals surface area contributed by atoms with Gasteiger partial charge in [-0.1, -0.05) is 12.1 Å². The molecule has 0 spiro atoms. The van der Waals surface area contributed by atoms with Crippen molar-refractivity contribution in [2.45, 2.75) is 66.0 Å². The maximum Gasteiger partial charge on any atom is 0.191 e. The van der Waals surface area contributed by atoms with Gasteiger partial charge >= 0.3 is 0 Å². The molecule has 1 aromatic carbocycles. The van der Waals surface area contributed by atoms with Crippen molar-refractivity contribution in [2.24, 2.45) is 4.99 Å². The monoisotopic (exact) mass is 514 g/mol. The Labute approximate surface area is 193 Å². The molecular weight excluding hydrogens is 475 g/mol. The zero-order valence-electron chi connectivity index (χ0n) is 18.7. The molecule has 7 heteroatoms. The van der Waals surface area contributed by atoms with Gasteiger partial charge in [-0.25, -0.2) is 4.98 Å². The summed E-state index contributed by atoms with van der Waals surface area (Å²) in [6.45, 7) is 14.9. The number of aromatic nitrogens is 2. The Morgan fingerprint density at radius 3 is 2.48 bits per heavy atom. The molecule has 6 nitrogen and oxygen atoms in total. The second-order valence-electron chi connectivity index (χ2n) is 7.77. The second-order valence-corrected chi connectivity index (χ2v) is 7.77. The van der Waals surface area contributed by atoms with E-state index in [2.05, 4.69) is 66.2 Å². The van der Waals surface area contributed by atoms with Crippen molar-refractivity contribution in [2.75, 3.05) is 26.2 Å². The minimum Gasteiger partial charge on any atom is -0.357 e. The molecule has 0 amide bonds. The summed E-state index contributed by atoms with van der Waals surface area (Å²) in [6, 6.07) is 9.33. The summed E-state index contributed by atoms with van der Waals surface area (Å²) in [5.41, 5.74) is 2.14. The summed E-state index contributed by atoms with van der Waals surface area (Å²) in [5.74, 6) is 1.95. The molecule has 0 aliphatic rings. The van der Waals surface area contributed by atoms with Crippen molar-refractivity contribution in [3.63, 3.8) is 0 Å². The number of aryl methyl sites for hydroxylation is 1. The van der Waals surface area contributed by atoms with E-state index in [1.54, 1.807) is 0 Å². The Bertz CT molecular complexity index is 684. The van der Waals surface area contributed by atoms with Gasteiger partial charge in [-0.05, 0) is 59.6 Å². The zero-order valence-corrected chi connectivity index (χ0v) is 21.0. The molecular formula is C22H39IN6. The van der Waals surface area contributed by atoms with Gasteiger partial charge in [0.05, 0.1) is 11.0 Å². The van der Waals surface area contributed by atoms with Crippen molar-refractivity contribution in [3.8, 4) is 0 Å². The predicted octanol–water partition coefficient (Wildman–Crippen LogP) is 4.18. The highest BCUT2D eigenvalue weighted by Gasteiger charge is 2.12. The number of imidazole rings is 1. The van der Waals surface area contributed by atoms with Crippen LogP contribution in [0.1, 0.15) is 53.3 Å². The van der Waals surface area contributed by atoms with E-state index in [1.165, 1.54) is 0 Å². The number of fused-ring (bicyclic) bond motifs is 1. The first-order chi connectivity index (χ1) is 13.5. The van der Waals surface area contributed by atoms with Crippen LogP contribution < -0.4 is 10.6 Å². The number of nitrogens with zero attached hydrogens (tertiary/aromatic N) is 3. The maximum atomic E-state index is 4.71. The zero-order chi connectivity index (χ0) is 20.4. The number of aliphatic imine (C=N–C) groups is 1. The fourth-order valence-corrected chi connectivity index (χ4v) is 3.48. The van der Waals surface area contributed by atoms with Crippen LogP contribution in [0.25, 0.3) is 11.0 Å². The number of para-hydroxylation sites is 2. The van der Waals surface area contributed by atoms with Crippen molar-refractivity contribution in [1.82, 2.24) is 25.5 Å². The highest BCUT2D eigenvalue weighted by Crippen LogP contribution is 2.11. The van der Waals surface area contributed by atoms with Crippen molar-refractivity contribution in [3.05, 3.63) is 30.1 Å². The van der Waals surface area contributed by atoms with Crippen LogP contribution in [0, 0.1) is 0 Å². The van der Waals surface area contributed by atoms with Gasteiger partial charge in [-0.15, -0.1) is 24.0 Å². The minimum absolute atomic E-state index is 0. The van der Waals surface area contributed by atoms with Crippen molar-refractivity contribution in [1.29, 1.82) is 0 Å². The van der Waals surface area contributed by atoms with Gasteiger partial charge in [0.25, 0.3) is 0 Å². The van der Waals surface area contributed by atoms with E-state index in [0.717, 1.165) is 68.3 Å². The summed E-state index contributed by atoms with van der Waals surface area (Å²) in [4.78, 5) is 15.3. The summed E-state index contributed by atoms with van der Waals surface area (Å²) in [5, 5.41) is 6.80. The largest absolute Gasteiger partial charge is 0.357 e. The smallest absolute Gasteiger partial charge is 0.191 e. The molecule has 3 N–H and O–H groups in total. The normalized spacial score (nSPS) is 12.1. The average Bonchev–Trinajstić information content (AvgIpc) is 3.07.